The Kier molecular flexibility index (Phi) is 6.39. The van der Waals surface area contributed by atoms with Crippen LogP contribution < -0.4 is 20.1 Å². The molecule has 0 bridgehead atoms. The van der Waals surface area contributed by atoms with Crippen molar-refractivity contribution in [2.75, 3.05) is 14.2 Å². The second kappa shape index (κ2) is 9.14. The second-order valence-corrected chi connectivity index (χ2v) is 6.42. The van der Waals surface area contributed by atoms with Crippen LogP contribution in [-0.2, 0) is 16.1 Å². The van der Waals surface area contributed by atoms with E-state index < -0.39 is 18.0 Å². The number of allylic oxidation sites excluding steroid dienone is 1. The molecule has 0 saturated heterocycles. The lowest BCUT2D eigenvalue weighted by Crippen LogP contribution is -2.45. The van der Waals surface area contributed by atoms with Gasteiger partial charge in [-0.3, -0.25) is 0 Å². The molecule has 2 N–H and O–H groups in total. The predicted octanol–water partition coefficient (Wildman–Crippen LogP) is 3.47. The largest absolute Gasteiger partial charge is 0.493 e. The topological polar surface area (TPSA) is 85.9 Å². The van der Waals surface area contributed by atoms with Crippen LogP contribution in [0.5, 0.6) is 11.5 Å². The van der Waals surface area contributed by atoms with Crippen molar-refractivity contribution < 1.29 is 23.8 Å². The fraction of sp³-hybridized carbons (Fsp3) is 0.273. The van der Waals surface area contributed by atoms with Crippen molar-refractivity contribution in [2.45, 2.75) is 26.0 Å². The maximum Gasteiger partial charge on any atom is 0.337 e. The highest BCUT2D eigenvalue weighted by Crippen LogP contribution is 2.40. The molecule has 2 aromatic carbocycles. The maximum atomic E-state index is 12.5. The second-order valence-electron chi connectivity index (χ2n) is 6.42. The Bertz CT molecular complexity index is 924. The Morgan fingerprint density at radius 1 is 1.07 bits per heavy atom. The number of hydrogen-bond acceptors (Lipinski definition) is 5. The number of carbonyl (C=O) groups excluding carboxylic acids is 2. The van der Waals surface area contributed by atoms with E-state index in [1.165, 1.54) is 7.11 Å². The number of methoxy groups -OCH3 is 2. The Morgan fingerprint density at radius 2 is 1.83 bits per heavy atom. The number of urea groups is 1. The van der Waals surface area contributed by atoms with Crippen molar-refractivity contribution in [1.29, 1.82) is 0 Å². The number of para-hydroxylation sites is 1. The zero-order chi connectivity index (χ0) is 20.8. The van der Waals surface area contributed by atoms with Crippen molar-refractivity contribution >= 4 is 12.0 Å². The summed E-state index contributed by atoms with van der Waals surface area (Å²) in [5, 5.41) is 5.50. The maximum absolute atomic E-state index is 12.5. The molecule has 1 unspecified atom stereocenters. The number of esters is 1. The molecule has 1 atom stereocenters. The first kappa shape index (κ1) is 20.3. The third-order valence-corrected chi connectivity index (χ3v) is 4.68. The lowest BCUT2D eigenvalue weighted by atomic mass is 9.93. The fourth-order valence-corrected chi connectivity index (χ4v) is 3.29. The predicted molar refractivity (Wildman–Crippen MR) is 108 cm³/mol. The van der Waals surface area contributed by atoms with Gasteiger partial charge in [0.15, 0.2) is 11.5 Å². The molecule has 7 heteroatoms. The summed E-state index contributed by atoms with van der Waals surface area (Å²) in [6.07, 6.45) is 0.471. The minimum atomic E-state index is -0.730. The normalized spacial score (nSPS) is 16.0. The van der Waals surface area contributed by atoms with E-state index in [0.717, 1.165) is 5.56 Å². The number of amides is 2. The first-order chi connectivity index (χ1) is 14.1. The van der Waals surface area contributed by atoms with Crippen LogP contribution in [0.3, 0.4) is 0 Å². The van der Waals surface area contributed by atoms with Gasteiger partial charge in [-0.25, -0.2) is 9.59 Å². The summed E-state index contributed by atoms with van der Waals surface area (Å²) >= 11 is 0. The highest BCUT2D eigenvalue weighted by molar-refractivity contribution is 5.95. The van der Waals surface area contributed by atoms with Crippen LogP contribution in [0.15, 0.2) is 59.8 Å². The molecule has 1 heterocycles. The molecule has 1 aliphatic heterocycles. The monoisotopic (exact) mass is 396 g/mol. The number of rotatable bonds is 7. The third kappa shape index (κ3) is 4.34. The summed E-state index contributed by atoms with van der Waals surface area (Å²) in [6.45, 7) is 2.17. The molecule has 29 heavy (non-hydrogen) atoms. The molecule has 0 aromatic heterocycles. The average molecular weight is 396 g/mol. The van der Waals surface area contributed by atoms with Gasteiger partial charge < -0.3 is 24.8 Å². The van der Waals surface area contributed by atoms with Gasteiger partial charge in [0.05, 0.1) is 25.8 Å². The molecule has 7 nitrogen and oxygen atoms in total. The molecule has 0 aliphatic carbocycles. The first-order valence-corrected chi connectivity index (χ1v) is 9.31. The lowest BCUT2D eigenvalue weighted by Gasteiger charge is -2.30. The van der Waals surface area contributed by atoms with E-state index in [2.05, 4.69) is 10.6 Å². The number of benzene rings is 2. The molecule has 0 saturated carbocycles. The van der Waals surface area contributed by atoms with E-state index in [0.29, 0.717) is 41.4 Å². The van der Waals surface area contributed by atoms with Gasteiger partial charge in [0, 0.05) is 11.3 Å². The van der Waals surface area contributed by atoms with Gasteiger partial charge in [-0.1, -0.05) is 49.4 Å². The van der Waals surface area contributed by atoms with E-state index in [9.17, 15) is 9.59 Å². The molecule has 152 valence electrons. The minimum absolute atomic E-state index is 0.311. The third-order valence-electron chi connectivity index (χ3n) is 4.68. The number of hydrogen-bond donors (Lipinski definition) is 2. The minimum Gasteiger partial charge on any atom is -0.493 e. The van der Waals surface area contributed by atoms with Crippen LogP contribution in [0.25, 0.3) is 0 Å². The van der Waals surface area contributed by atoms with Crippen LogP contribution in [0, 0.1) is 0 Å². The molecular formula is C22H24N2O5. The van der Waals surface area contributed by atoms with E-state index in [4.69, 9.17) is 14.2 Å². The van der Waals surface area contributed by atoms with Gasteiger partial charge in [0.1, 0.15) is 6.61 Å². The van der Waals surface area contributed by atoms with E-state index >= 15 is 0 Å². The van der Waals surface area contributed by atoms with Crippen LogP contribution in [0.1, 0.15) is 30.5 Å². The molecular weight excluding hydrogens is 372 g/mol. The van der Waals surface area contributed by atoms with Crippen molar-refractivity contribution in [3.63, 3.8) is 0 Å². The summed E-state index contributed by atoms with van der Waals surface area (Å²) < 4.78 is 16.5. The molecule has 0 spiro atoms. The Labute approximate surface area is 169 Å². The zero-order valence-corrected chi connectivity index (χ0v) is 16.7. The lowest BCUT2D eigenvalue weighted by molar-refractivity contribution is -0.136. The van der Waals surface area contributed by atoms with Gasteiger partial charge >= 0.3 is 12.0 Å². The van der Waals surface area contributed by atoms with Crippen molar-refractivity contribution in [3.05, 3.63) is 70.9 Å². The molecule has 2 amide bonds. The Balaban J connectivity index is 2.06. The molecule has 0 fully saturated rings. The SMILES string of the molecule is CCC1=C(C(=O)OC)C(c2cccc(OC)c2OCc2ccccc2)NC(=O)N1. The van der Waals surface area contributed by atoms with Gasteiger partial charge in [-0.15, -0.1) is 0 Å². The summed E-state index contributed by atoms with van der Waals surface area (Å²) in [4.78, 5) is 24.8. The summed E-state index contributed by atoms with van der Waals surface area (Å²) in [7, 11) is 2.86. The molecule has 0 radical (unpaired) electrons. The van der Waals surface area contributed by atoms with Crippen LogP contribution in [-0.4, -0.2) is 26.2 Å². The van der Waals surface area contributed by atoms with Crippen molar-refractivity contribution in [3.8, 4) is 11.5 Å². The van der Waals surface area contributed by atoms with E-state index in [1.54, 1.807) is 25.3 Å². The fourth-order valence-electron chi connectivity index (χ4n) is 3.29. The standard InChI is InChI=1S/C22H24N2O5/c1-4-16-18(21(25)28-3)19(24-22(26)23-16)15-11-8-12-17(27-2)20(15)29-13-14-9-6-5-7-10-14/h5-12,19H,4,13H2,1-3H3,(H2,23,24,26). The summed E-state index contributed by atoms with van der Waals surface area (Å²) in [5.74, 6) is 0.451. The Hall–Kier alpha value is -3.48. The highest BCUT2D eigenvalue weighted by Gasteiger charge is 2.35. The van der Waals surface area contributed by atoms with Crippen molar-refractivity contribution in [1.82, 2.24) is 10.6 Å². The smallest absolute Gasteiger partial charge is 0.337 e. The zero-order valence-electron chi connectivity index (χ0n) is 16.7. The van der Waals surface area contributed by atoms with Gasteiger partial charge in [0.25, 0.3) is 0 Å². The van der Waals surface area contributed by atoms with Crippen LogP contribution in [0.4, 0.5) is 4.79 Å². The number of nitrogens with one attached hydrogen (secondary N) is 2. The first-order valence-electron chi connectivity index (χ1n) is 9.31. The number of carbonyl (C=O) groups is 2. The Morgan fingerprint density at radius 3 is 2.48 bits per heavy atom. The molecule has 3 rings (SSSR count). The molecule has 2 aromatic rings. The van der Waals surface area contributed by atoms with Gasteiger partial charge in [-0.05, 0) is 18.1 Å². The van der Waals surface area contributed by atoms with Crippen LogP contribution >= 0.6 is 0 Å². The summed E-state index contributed by atoms with van der Waals surface area (Å²) in [6, 6.07) is 13.9. The van der Waals surface area contributed by atoms with E-state index in [-0.39, 0.29) is 0 Å². The molecule has 1 aliphatic rings. The number of ether oxygens (including phenoxy) is 3. The van der Waals surface area contributed by atoms with E-state index in [1.807, 2.05) is 37.3 Å². The van der Waals surface area contributed by atoms with Crippen molar-refractivity contribution in [2.24, 2.45) is 0 Å². The average Bonchev–Trinajstić information content (AvgIpc) is 2.76. The van der Waals surface area contributed by atoms with Gasteiger partial charge in [0.2, 0.25) is 0 Å². The summed E-state index contributed by atoms with van der Waals surface area (Å²) in [5.41, 5.74) is 2.45. The van der Waals surface area contributed by atoms with Gasteiger partial charge in [-0.2, -0.15) is 0 Å². The highest BCUT2D eigenvalue weighted by atomic mass is 16.5. The quantitative estimate of drug-likeness (QED) is 0.700. The van der Waals surface area contributed by atoms with Crippen LogP contribution in [0.2, 0.25) is 0 Å².